The molecule has 3 atom stereocenters. The third kappa shape index (κ3) is 5.66. The fourth-order valence-electron chi connectivity index (χ4n) is 3.37. The molecule has 0 saturated carbocycles. The molecule has 2 aliphatic rings. The Bertz CT molecular complexity index is 885. The standard InChI is InChI=1S/C17H18N4O3.C2HF3O2/c22-17(16-19-8-3-9-20-16)21-10-5-13(15-12(21)6-11-23-15)24-14-4-1-2-7-18-14;3-2(4,5)1(6)7/h1-4,7-9,12-13,15H,5-6,10-11H2;(H,6,7)/t12-,13+,15-;/m0./s1. The van der Waals surface area contributed by atoms with Crippen molar-refractivity contribution in [1.29, 1.82) is 0 Å². The van der Waals surface area contributed by atoms with Crippen LogP contribution in [0.1, 0.15) is 23.5 Å². The minimum atomic E-state index is -5.08. The minimum Gasteiger partial charge on any atom is -0.475 e. The van der Waals surface area contributed by atoms with Gasteiger partial charge in [-0.1, -0.05) is 6.07 Å². The number of aliphatic carboxylic acids is 1. The normalized spacial score (nSPS) is 22.7. The summed E-state index contributed by atoms with van der Waals surface area (Å²) in [5.41, 5.74) is 0. The predicted molar refractivity (Wildman–Crippen MR) is 98.2 cm³/mol. The Labute approximate surface area is 174 Å². The Morgan fingerprint density at radius 1 is 1.10 bits per heavy atom. The fraction of sp³-hybridized carbons (Fsp3) is 0.421. The SMILES string of the molecule is O=C(O)C(F)(F)F.O=C(c1ncccn1)N1CC[C@@H](Oc2ccccn2)[C@H]2OCC[C@@H]21. The van der Waals surface area contributed by atoms with Crippen LogP contribution >= 0.6 is 0 Å². The highest BCUT2D eigenvalue weighted by atomic mass is 19.4. The maximum Gasteiger partial charge on any atom is 0.490 e. The third-order valence-electron chi connectivity index (χ3n) is 4.69. The van der Waals surface area contributed by atoms with Crippen LogP contribution in [-0.2, 0) is 9.53 Å². The molecule has 0 spiro atoms. The second-order valence-electron chi connectivity index (χ2n) is 6.68. The lowest BCUT2D eigenvalue weighted by Gasteiger charge is -2.40. The summed E-state index contributed by atoms with van der Waals surface area (Å²) in [6, 6.07) is 7.26. The van der Waals surface area contributed by atoms with E-state index in [1.54, 1.807) is 24.7 Å². The number of halogens is 3. The lowest BCUT2D eigenvalue weighted by Crippen LogP contribution is -2.56. The quantitative estimate of drug-likeness (QED) is 0.770. The summed E-state index contributed by atoms with van der Waals surface area (Å²) < 4.78 is 43.6. The molecule has 2 saturated heterocycles. The molecule has 0 aromatic carbocycles. The molecule has 31 heavy (non-hydrogen) atoms. The van der Waals surface area contributed by atoms with Crippen LogP contribution in [0, 0.1) is 0 Å². The number of hydrogen-bond acceptors (Lipinski definition) is 7. The smallest absolute Gasteiger partial charge is 0.475 e. The molecule has 4 heterocycles. The van der Waals surface area contributed by atoms with E-state index in [1.807, 2.05) is 23.1 Å². The highest BCUT2D eigenvalue weighted by Crippen LogP contribution is 2.31. The van der Waals surface area contributed by atoms with Gasteiger partial charge in [-0.15, -0.1) is 0 Å². The highest BCUT2D eigenvalue weighted by molar-refractivity contribution is 5.90. The molecule has 2 aliphatic heterocycles. The van der Waals surface area contributed by atoms with Gasteiger partial charge in [0.05, 0.1) is 6.04 Å². The maximum atomic E-state index is 12.7. The Kier molecular flexibility index (Phi) is 7.00. The van der Waals surface area contributed by atoms with E-state index in [2.05, 4.69) is 15.0 Å². The van der Waals surface area contributed by atoms with Gasteiger partial charge in [-0.2, -0.15) is 13.2 Å². The van der Waals surface area contributed by atoms with Crippen molar-refractivity contribution >= 4 is 11.9 Å². The summed E-state index contributed by atoms with van der Waals surface area (Å²) in [7, 11) is 0. The molecule has 0 unspecified atom stereocenters. The minimum absolute atomic E-state index is 0.0104. The Balaban J connectivity index is 0.000000339. The van der Waals surface area contributed by atoms with Crippen LogP contribution in [0.3, 0.4) is 0 Å². The number of fused-ring (bicyclic) bond motifs is 1. The van der Waals surface area contributed by atoms with Gasteiger partial charge in [-0.3, -0.25) is 4.79 Å². The number of pyridine rings is 1. The van der Waals surface area contributed by atoms with Crippen molar-refractivity contribution in [3.05, 3.63) is 48.7 Å². The molecule has 0 aliphatic carbocycles. The first-order valence-electron chi connectivity index (χ1n) is 9.34. The number of alkyl halides is 3. The van der Waals surface area contributed by atoms with E-state index in [0.29, 0.717) is 25.5 Å². The molecule has 9 nitrogen and oxygen atoms in total. The van der Waals surface area contributed by atoms with E-state index in [0.717, 1.165) is 6.42 Å². The summed E-state index contributed by atoms with van der Waals surface area (Å²) in [4.78, 5) is 35.8. The number of carbonyl (C=O) groups is 2. The van der Waals surface area contributed by atoms with Crippen molar-refractivity contribution in [1.82, 2.24) is 19.9 Å². The van der Waals surface area contributed by atoms with Crippen LogP contribution in [-0.4, -0.2) is 74.4 Å². The number of rotatable bonds is 3. The molecule has 1 amide bonds. The number of carbonyl (C=O) groups excluding carboxylic acids is 1. The number of amides is 1. The van der Waals surface area contributed by atoms with Gasteiger partial charge in [0.15, 0.2) is 0 Å². The second-order valence-corrected chi connectivity index (χ2v) is 6.68. The van der Waals surface area contributed by atoms with Crippen LogP contribution in [0.15, 0.2) is 42.9 Å². The first-order chi connectivity index (χ1) is 14.8. The highest BCUT2D eigenvalue weighted by Gasteiger charge is 2.46. The van der Waals surface area contributed by atoms with Crippen molar-refractivity contribution in [3.8, 4) is 5.88 Å². The van der Waals surface area contributed by atoms with Crippen LogP contribution in [0.25, 0.3) is 0 Å². The lowest BCUT2D eigenvalue weighted by atomic mass is 9.95. The number of carboxylic acids is 1. The fourth-order valence-corrected chi connectivity index (χ4v) is 3.37. The molecule has 0 radical (unpaired) electrons. The lowest BCUT2D eigenvalue weighted by molar-refractivity contribution is -0.192. The number of likely N-dealkylation sites (tertiary alicyclic amines) is 1. The predicted octanol–water partition coefficient (Wildman–Crippen LogP) is 1.96. The van der Waals surface area contributed by atoms with Crippen LogP contribution in [0.2, 0.25) is 0 Å². The van der Waals surface area contributed by atoms with Gasteiger partial charge in [-0.25, -0.2) is 19.7 Å². The molecule has 0 bridgehead atoms. The van der Waals surface area contributed by atoms with Gasteiger partial charge in [0, 0.05) is 44.2 Å². The number of hydrogen-bond donors (Lipinski definition) is 1. The summed E-state index contributed by atoms with van der Waals surface area (Å²) in [6.45, 7) is 1.22. The zero-order valence-electron chi connectivity index (χ0n) is 16.1. The Morgan fingerprint density at radius 3 is 2.39 bits per heavy atom. The first-order valence-corrected chi connectivity index (χ1v) is 9.34. The van der Waals surface area contributed by atoms with Crippen molar-refractivity contribution in [2.24, 2.45) is 0 Å². The number of ether oxygens (including phenoxy) is 2. The Hall–Kier alpha value is -3.28. The number of piperidine rings is 1. The van der Waals surface area contributed by atoms with Crippen molar-refractivity contribution in [3.63, 3.8) is 0 Å². The summed E-state index contributed by atoms with van der Waals surface area (Å²) in [5.74, 6) is -2.09. The third-order valence-corrected chi connectivity index (χ3v) is 4.69. The molecular weight excluding hydrogens is 421 g/mol. The van der Waals surface area contributed by atoms with Crippen LogP contribution in [0.5, 0.6) is 5.88 Å². The van der Waals surface area contributed by atoms with Gasteiger partial charge in [0.25, 0.3) is 5.91 Å². The average molecular weight is 440 g/mol. The van der Waals surface area contributed by atoms with E-state index < -0.39 is 12.1 Å². The summed E-state index contributed by atoms with van der Waals surface area (Å²) in [5, 5.41) is 7.12. The van der Waals surface area contributed by atoms with Crippen LogP contribution in [0.4, 0.5) is 13.2 Å². The van der Waals surface area contributed by atoms with Gasteiger partial charge in [0.1, 0.15) is 12.2 Å². The summed E-state index contributed by atoms with van der Waals surface area (Å²) in [6.07, 6.45) is 1.02. The molecule has 1 N–H and O–H groups in total. The molecule has 12 heteroatoms. The van der Waals surface area contributed by atoms with Gasteiger partial charge in [0.2, 0.25) is 11.7 Å². The molecule has 166 valence electrons. The van der Waals surface area contributed by atoms with E-state index >= 15 is 0 Å². The molecule has 2 fully saturated rings. The van der Waals surface area contributed by atoms with E-state index in [-0.39, 0.29) is 30.0 Å². The largest absolute Gasteiger partial charge is 0.490 e. The molecular formula is C19H19F3N4O5. The van der Waals surface area contributed by atoms with Gasteiger partial charge >= 0.3 is 12.1 Å². The van der Waals surface area contributed by atoms with Gasteiger partial charge in [-0.05, 0) is 18.6 Å². The van der Waals surface area contributed by atoms with E-state index in [4.69, 9.17) is 19.4 Å². The van der Waals surface area contributed by atoms with Crippen molar-refractivity contribution < 1.29 is 37.3 Å². The van der Waals surface area contributed by atoms with Crippen molar-refractivity contribution in [2.45, 2.75) is 37.3 Å². The molecule has 4 rings (SSSR count). The monoisotopic (exact) mass is 440 g/mol. The molecule has 2 aromatic heterocycles. The number of carboxylic acid groups (broad SMARTS) is 1. The van der Waals surface area contributed by atoms with Crippen LogP contribution < -0.4 is 4.74 Å². The zero-order valence-corrected chi connectivity index (χ0v) is 16.1. The topological polar surface area (TPSA) is 115 Å². The first kappa shape index (κ1) is 22.4. The molecule has 2 aromatic rings. The van der Waals surface area contributed by atoms with E-state index in [1.165, 1.54) is 0 Å². The summed E-state index contributed by atoms with van der Waals surface area (Å²) >= 11 is 0. The average Bonchev–Trinajstić information content (AvgIpc) is 3.25. The number of aromatic nitrogens is 3. The van der Waals surface area contributed by atoms with E-state index in [9.17, 15) is 18.0 Å². The number of nitrogens with zero attached hydrogens (tertiary/aromatic N) is 4. The second kappa shape index (κ2) is 9.69. The zero-order chi connectivity index (χ0) is 22.4. The Morgan fingerprint density at radius 2 is 1.77 bits per heavy atom. The maximum absolute atomic E-state index is 12.7. The van der Waals surface area contributed by atoms with Gasteiger partial charge < -0.3 is 19.5 Å². The van der Waals surface area contributed by atoms with Crippen molar-refractivity contribution in [2.75, 3.05) is 13.2 Å².